The summed E-state index contributed by atoms with van der Waals surface area (Å²) in [4.78, 5) is 19.2. The highest BCUT2D eigenvalue weighted by Crippen LogP contribution is 2.35. The number of halogens is 3. The standard InChI is InChI=1S/C25H27ClF2N8O2/c1-38-15-3-4-16(17(26)8-15)18-7-14(10-36-13-34-20-23(29)32-12-33-24(20)36)19(9-31-18)35-6-2-5-25(30,11-35)21(37)22(27)28/h3-4,7-9,12-13,21-22,37H,2,5-6,10-11,30H2,1H3,(H2,29,32,33). The third-order valence-electron chi connectivity index (χ3n) is 6.91. The number of nitrogen functional groups attached to an aromatic ring is 1. The zero-order valence-electron chi connectivity index (χ0n) is 20.6. The number of pyridine rings is 1. The molecule has 1 aliphatic rings. The number of imidazole rings is 1. The summed E-state index contributed by atoms with van der Waals surface area (Å²) in [6, 6.07) is 7.20. The van der Waals surface area contributed by atoms with Gasteiger partial charge in [-0.1, -0.05) is 11.6 Å². The van der Waals surface area contributed by atoms with Gasteiger partial charge < -0.3 is 30.8 Å². The van der Waals surface area contributed by atoms with E-state index in [9.17, 15) is 13.9 Å². The molecule has 200 valence electrons. The Morgan fingerprint density at radius 3 is 2.76 bits per heavy atom. The summed E-state index contributed by atoms with van der Waals surface area (Å²) in [6.45, 7) is 0.915. The number of methoxy groups -OCH3 is 1. The predicted molar refractivity (Wildman–Crippen MR) is 140 cm³/mol. The lowest BCUT2D eigenvalue weighted by Crippen LogP contribution is -2.63. The fourth-order valence-electron chi connectivity index (χ4n) is 4.89. The van der Waals surface area contributed by atoms with Crippen LogP contribution in [0.2, 0.25) is 5.02 Å². The molecule has 5 N–H and O–H groups in total. The van der Waals surface area contributed by atoms with E-state index in [1.165, 1.54) is 6.33 Å². The molecule has 0 saturated carbocycles. The number of hydrogen-bond donors (Lipinski definition) is 3. The first-order valence-electron chi connectivity index (χ1n) is 11.9. The summed E-state index contributed by atoms with van der Waals surface area (Å²) in [6.07, 6.45) is 0.572. The Bertz CT molecular complexity index is 1470. The molecule has 10 nitrogen and oxygen atoms in total. The predicted octanol–water partition coefficient (Wildman–Crippen LogP) is 3.10. The summed E-state index contributed by atoms with van der Waals surface area (Å²) in [5, 5.41) is 10.6. The van der Waals surface area contributed by atoms with Crippen molar-refractivity contribution in [2.45, 2.75) is 37.5 Å². The molecule has 0 bridgehead atoms. The maximum atomic E-state index is 13.4. The molecular weight excluding hydrogens is 518 g/mol. The second-order valence-electron chi connectivity index (χ2n) is 9.39. The lowest BCUT2D eigenvalue weighted by atomic mass is 9.84. The van der Waals surface area contributed by atoms with Crippen LogP contribution < -0.4 is 21.1 Å². The monoisotopic (exact) mass is 544 g/mol. The number of nitrogens with two attached hydrogens (primary N) is 2. The molecule has 4 heterocycles. The Labute approximate surface area is 222 Å². The van der Waals surface area contributed by atoms with Crippen LogP contribution in [0.1, 0.15) is 18.4 Å². The number of ether oxygens (including phenoxy) is 1. The molecule has 0 amide bonds. The van der Waals surface area contributed by atoms with Crippen LogP contribution in [0.15, 0.2) is 43.1 Å². The maximum absolute atomic E-state index is 13.4. The SMILES string of the molecule is COc1ccc(-c2cc(Cn3cnc4c(N)ncnc43)c(N3CCCC(N)(C(O)C(F)F)C3)cn2)c(Cl)c1. The van der Waals surface area contributed by atoms with Crippen molar-refractivity contribution in [2.24, 2.45) is 5.73 Å². The zero-order valence-corrected chi connectivity index (χ0v) is 21.3. The average Bonchev–Trinajstić information content (AvgIpc) is 3.32. The number of rotatable bonds is 7. The lowest BCUT2D eigenvalue weighted by molar-refractivity contribution is -0.0529. The average molecular weight is 545 g/mol. The molecule has 5 rings (SSSR count). The van der Waals surface area contributed by atoms with E-state index in [4.69, 9.17) is 27.8 Å². The lowest BCUT2D eigenvalue weighted by Gasteiger charge is -2.44. The molecule has 0 radical (unpaired) electrons. The van der Waals surface area contributed by atoms with Crippen molar-refractivity contribution in [3.05, 3.63) is 53.7 Å². The number of anilines is 2. The van der Waals surface area contributed by atoms with Crippen LogP contribution in [0.3, 0.4) is 0 Å². The molecule has 1 saturated heterocycles. The molecule has 0 aliphatic carbocycles. The molecule has 0 spiro atoms. The number of aliphatic hydroxyl groups is 1. The second kappa shape index (κ2) is 10.3. The van der Waals surface area contributed by atoms with Crippen LogP contribution in [-0.2, 0) is 6.54 Å². The van der Waals surface area contributed by atoms with Crippen molar-refractivity contribution >= 4 is 34.3 Å². The van der Waals surface area contributed by atoms with Gasteiger partial charge in [-0.25, -0.2) is 23.7 Å². The fraction of sp³-hybridized carbons (Fsp3) is 0.360. The van der Waals surface area contributed by atoms with Crippen molar-refractivity contribution in [1.82, 2.24) is 24.5 Å². The normalized spacial score (nSPS) is 18.8. The first-order chi connectivity index (χ1) is 18.2. The molecule has 2 atom stereocenters. The van der Waals surface area contributed by atoms with E-state index >= 15 is 0 Å². The molecule has 1 aromatic carbocycles. The highest BCUT2D eigenvalue weighted by Gasteiger charge is 2.43. The van der Waals surface area contributed by atoms with Gasteiger partial charge in [0.05, 0.1) is 48.1 Å². The number of aromatic nitrogens is 5. The molecule has 38 heavy (non-hydrogen) atoms. The van der Waals surface area contributed by atoms with Crippen LogP contribution in [0.5, 0.6) is 5.75 Å². The molecule has 2 unspecified atom stereocenters. The smallest absolute Gasteiger partial charge is 0.265 e. The van der Waals surface area contributed by atoms with E-state index in [0.29, 0.717) is 58.4 Å². The van der Waals surface area contributed by atoms with Crippen molar-refractivity contribution in [1.29, 1.82) is 0 Å². The molecular formula is C25H27ClF2N8O2. The Morgan fingerprint density at radius 1 is 1.21 bits per heavy atom. The van der Waals surface area contributed by atoms with Gasteiger partial charge in [-0.05, 0) is 42.7 Å². The van der Waals surface area contributed by atoms with Gasteiger partial charge in [-0.3, -0.25) is 4.98 Å². The Hall–Kier alpha value is -3.61. The minimum absolute atomic E-state index is 0.0373. The summed E-state index contributed by atoms with van der Waals surface area (Å²) in [7, 11) is 1.56. The highest BCUT2D eigenvalue weighted by atomic mass is 35.5. The molecule has 3 aromatic heterocycles. The number of fused-ring (bicyclic) bond motifs is 1. The molecule has 4 aromatic rings. The second-order valence-corrected chi connectivity index (χ2v) is 9.79. The zero-order chi connectivity index (χ0) is 27.0. The van der Waals surface area contributed by atoms with Gasteiger partial charge >= 0.3 is 0 Å². The van der Waals surface area contributed by atoms with E-state index in [0.717, 1.165) is 5.56 Å². The van der Waals surface area contributed by atoms with Crippen molar-refractivity contribution in [3.63, 3.8) is 0 Å². The third kappa shape index (κ3) is 4.82. The van der Waals surface area contributed by atoms with Gasteiger partial charge in [0, 0.05) is 18.7 Å². The van der Waals surface area contributed by atoms with Crippen LogP contribution in [0.25, 0.3) is 22.4 Å². The molecule has 1 aliphatic heterocycles. The minimum Gasteiger partial charge on any atom is -0.497 e. The first kappa shape index (κ1) is 26.0. The Kier molecular flexibility index (Phi) is 7.03. The number of aliphatic hydroxyl groups excluding tert-OH is 1. The number of nitrogens with zero attached hydrogens (tertiary/aromatic N) is 6. The maximum Gasteiger partial charge on any atom is 0.265 e. The number of piperidine rings is 1. The number of hydrogen-bond acceptors (Lipinski definition) is 9. The number of benzene rings is 1. The van der Waals surface area contributed by atoms with Crippen LogP contribution in [-0.4, -0.2) is 67.9 Å². The summed E-state index contributed by atoms with van der Waals surface area (Å²) >= 11 is 6.53. The van der Waals surface area contributed by atoms with Crippen LogP contribution >= 0.6 is 11.6 Å². The molecule has 13 heteroatoms. The van der Waals surface area contributed by atoms with Gasteiger partial charge in [-0.2, -0.15) is 0 Å². The topological polar surface area (TPSA) is 141 Å². The van der Waals surface area contributed by atoms with E-state index in [-0.39, 0.29) is 18.8 Å². The molecule has 1 fully saturated rings. The van der Waals surface area contributed by atoms with Gasteiger partial charge in [0.1, 0.15) is 23.7 Å². The van der Waals surface area contributed by atoms with Crippen molar-refractivity contribution in [2.75, 3.05) is 30.8 Å². The fourth-order valence-corrected chi connectivity index (χ4v) is 5.15. The largest absolute Gasteiger partial charge is 0.497 e. The van der Waals surface area contributed by atoms with Gasteiger partial charge in [0.25, 0.3) is 6.43 Å². The van der Waals surface area contributed by atoms with Crippen LogP contribution in [0, 0.1) is 0 Å². The summed E-state index contributed by atoms with van der Waals surface area (Å²) < 4.78 is 33.9. The van der Waals surface area contributed by atoms with Gasteiger partial charge in [0.2, 0.25) is 0 Å². The van der Waals surface area contributed by atoms with Crippen molar-refractivity contribution in [3.8, 4) is 17.0 Å². The Balaban J connectivity index is 1.58. The summed E-state index contributed by atoms with van der Waals surface area (Å²) in [5.74, 6) is 0.877. The Morgan fingerprint density at radius 2 is 2.03 bits per heavy atom. The van der Waals surface area contributed by atoms with E-state index in [1.807, 2.05) is 21.6 Å². The number of alkyl halides is 2. The first-order valence-corrected chi connectivity index (χ1v) is 12.3. The van der Waals surface area contributed by atoms with E-state index < -0.39 is 18.1 Å². The highest BCUT2D eigenvalue weighted by molar-refractivity contribution is 6.33. The minimum atomic E-state index is -2.94. The van der Waals surface area contributed by atoms with Crippen molar-refractivity contribution < 1.29 is 18.6 Å². The van der Waals surface area contributed by atoms with Crippen LogP contribution in [0.4, 0.5) is 20.3 Å². The van der Waals surface area contributed by atoms with E-state index in [2.05, 4.69) is 19.9 Å². The van der Waals surface area contributed by atoms with Gasteiger partial charge in [-0.15, -0.1) is 0 Å². The quantitative estimate of drug-likeness (QED) is 0.320. The third-order valence-corrected chi connectivity index (χ3v) is 7.22. The summed E-state index contributed by atoms with van der Waals surface area (Å²) in [5.41, 5.74) is 14.6. The van der Waals surface area contributed by atoms with E-state index in [1.54, 1.807) is 31.8 Å². The van der Waals surface area contributed by atoms with Gasteiger partial charge in [0.15, 0.2) is 11.5 Å².